The third-order valence-electron chi connectivity index (χ3n) is 3.63. The predicted molar refractivity (Wildman–Crippen MR) is 90.5 cm³/mol. The third-order valence-corrected chi connectivity index (χ3v) is 3.63. The number of esters is 2. The van der Waals surface area contributed by atoms with Gasteiger partial charge in [0.15, 0.2) is 11.5 Å². The van der Waals surface area contributed by atoms with Gasteiger partial charge in [0.25, 0.3) is 0 Å². The summed E-state index contributed by atoms with van der Waals surface area (Å²) in [5.41, 5.74) is 0. The van der Waals surface area contributed by atoms with Gasteiger partial charge in [-0.2, -0.15) is 0 Å². The Morgan fingerprint density at radius 3 is 2.22 bits per heavy atom. The first kappa shape index (κ1) is 19.2. The number of benzene rings is 1. The quantitative estimate of drug-likeness (QED) is 0.349. The van der Waals surface area contributed by atoms with Crippen LogP contribution in [0.15, 0.2) is 24.3 Å². The maximum absolute atomic E-state index is 12.2. The van der Waals surface area contributed by atoms with Gasteiger partial charge >= 0.3 is 11.9 Å². The minimum absolute atomic E-state index is 0.161. The van der Waals surface area contributed by atoms with Crippen molar-refractivity contribution in [3.05, 3.63) is 24.3 Å². The monoisotopic (exact) mass is 320 g/mol. The van der Waals surface area contributed by atoms with Crippen molar-refractivity contribution < 1.29 is 19.1 Å². The topological polar surface area (TPSA) is 52.6 Å². The SMILES string of the molecule is CCCCCCC(C)C(=O)Oc1ccccc1OC(=O)CCC. The molecular weight excluding hydrogens is 292 g/mol. The Morgan fingerprint density at radius 1 is 0.957 bits per heavy atom. The molecule has 1 atom stereocenters. The van der Waals surface area contributed by atoms with E-state index < -0.39 is 0 Å². The highest BCUT2D eigenvalue weighted by Crippen LogP contribution is 2.28. The van der Waals surface area contributed by atoms with Crippen molar-refractivity contribution in [3.8, 4) is 11.5 Å². The second-order valence-electron chi connectivity index (χ2n) is 5.84. The van der Waals surface area contributed by atoms with Crippen molar-refractivity contribution in [1.29, 1.82) is 0 Å². The van der Waals surface area contributed by atoms with Crippen molar-refractivity contribution in [2.75, 3.05) is 0 Å². The van der Waals surface area contributed by atoms with Gasteiger partial charge in [0, 0.05) is 6.42 Å². The van der Waals surface area contributed by atoms with Gasteiger partial charge in [-0.3, -0.25) is 9.59 Å². The molecule has 0 saturated heterocycles. The molecule has 0 aliphatic carbocycles. The zero-order chi connectivity index (χ0) is 17.1. The molecule has 23 heavy (non-hydrogen) atoms. The van der Waals surface area contributed by atoms with E-state index in [2.05, 4.69) is 6.92 Å². The summed E-state index contributed by atoms with van der Waals surface area (Å²) in [5.74, 6) is -0.143. The summed E-state index contributed by atoms with van der Waals surface area (Å²) in [5, 5.41) is 0. The maximum Gasteiger partial charge on any atom is 0.314 e. The Balaban J connectivity index is 2.58. The molecule has 4 nitrogen and oxygen atoms in total. The second-order valence-corrected chi connectivity index (χ2v) is 5.84. The Morgan fingerprint density at radius 2 is 1.61 bits per heavy atom. The van der Waals surface area contributed by atoms with E-state index >= 15 is 0 Å². The minimum Gasteiger partial charge on any atom is -0.423 e. The first-order chi connectivity index (χ1) is 11.1. The number of rotatable bonds is 10. The number of hydrogen-bond donors (Lipinski definition) is 0. The maximum atomic E-state index is 12.2. The van der Waals surface area contributed by atoms with Gasteiger partial charge in [-0.1, -0.05) is 58.6 Å². The summed E-state index contributed by atoms with van der Waals surface area (Å²) < 4.78 is 10.7. The highest BCUT2D eigenvalue weighted by molar-refractivity contribution is 5.77. The summed E-state index contributed by atoms with van der Waals surface area (Å²) in [6.07, 6.45) is 6.41. The molecule has 0 amide bonds. The Labute approximate surface area is 139 Å². The fraction of sp³-hybridized carbons (Fsp3) is 0.579. The molecule has 1 aromatic carbocycles. The van der Waals surface area contributed by atoms with Gasteiger partial charge in [0.1, 0.15) is 0 Å². The molecule has 0 spiro atoms. The number of hydrogen-bond acceptors (Lipinski definition) is 4. The van der Waals surface area contributed by atoms with Crippen molar-refractivity contribution in [3.63, 3.8) is 0 Å². The third kappa shape index (κ3) is 7.31. The van der Waals surface area contributed by atoms with Crippen molar-refractivity contribution in [2.45, 2.75) is 65.7 Å². The van der Waals surface area contributed by atoms with Crippen molar-refractivity contribution in [1.82, 2.24) is 0 Å². The molecule has 128 valence electrons. The molecule has 1 aromatic rings. The molecule has 0 fully saturated rings. The molecular formula is C19H28O4. The van der Waals surface area contributed by atoms with E-state index in [1.807, 2.05) is 13.8 Å². The van der Waals surface area contributed by atoms with Gasteiger partial charge in [-0.05, 0) is 25.0 Å². The van der Waals surface area contributed by atoms with Crippen LogP contribution in [0.4, 0.5) is 0 Å². The molecule has 0 N–H and O–H groups in total. The van der Waals surface area contributed by atoms with Crippen LogP contribution in [-0.4, -0.2) is 11.9 Å². The molecule has 0 aromatic heterocycles. The van der Waals surface area contributed by atoms with Gasteiger partial charge < -0.3 is 9.47 Å². The lowest BCUT2D eigenvalue weighted by atomic mass is 10.0. The molecule has 0 bridgehead atoms. The first-order valence-electron chi connectivity index (χ1n) is 8.59. The summed E-state index contributed by atoms with van der Waals surface area (Å²) in [7, 11) is 0. The minimum atomic E-state index is -0.316. The van der Waals surface area contributed by atoms with Crippen molar-refractivity contribution >= 4 is 11.9 Å². The van der Waals surface area contributed by atoms with Crippen LogP contribution in [0.5, 0.6) is 11.5 Å². The molecule has 4 heteroatoms. The van der Waals surface area contributed by atoms with Crippen LogP contribution in [-0.2, 0) is 9.59 Å². The number of ether oxygens (including phenoxy) is 2. The highest BCUT2D eigenvalue weighted by Gasteiger charge is 2.18. The van der Waals surface area contributed by atoms with E-state index in [0.29, 0.717) is 17.9 Å². The van der Waals surface area contributed by atoms with E-state index in [9.17, 15) is 9.59 Å². The highest BCUT2D eigenvalue weighted by atomic mass is 16.6. The lowest BCUT2D eigenvalue weighted by molar-refractivity contribution is -0.140. The van der Waals surface area contributed by atoms with E-state index in [1.54, 1.807) is 24.3 Å². The molecule has 0 radical (unpaired) electrons. The van der Waals surface area contributed by atoms with E-state index in [4.69, 9.17) is 9.47 Å². The summed E-state index contributed by atoms with van der Waals surface area (Å²) in [6.45, 7) is 5.95. The smallest absolute Gasteiger partial charge is 0.314 e. The number of para-hydroxylation sites is 2. The van der Waals surface area contributed by atoms with Crippen LogP contribution in [0.25, 0.3) is 0 Å². The lowest BCUT2D eigenvalue weighted by Crippen LogP contribution is -2.18. The number of carbonyl (C=O) groups is 2. The average molecular weight is 320 g/mol. The fourth-order valence-electron chi connectivity index (χ4n) is 2.20. The van der Waals surface area contributed by atoms with Gasteiger partial charge in [-0.25, -0.2) is 0 Å². The normalized spacial score (nSPS) is 11.8. The van der Waals surface area contributed by atoms with Crippen LogP contribution in [0.3, 0.4) is 0 Å². The average Bonchev–Trinajstić information content (AvgIpc) is 2.53. The largest absolute Gasteiger partial charge is 0.423 e. The van der Waals surface area contributed by atoms with E-state index in [0.717, 1.165) is 25.7 Å². The van der Waals surface area contributed by atoms with E-state index in [-0.39, 0.29) is 17.9 Å². The van der Waals surface area contributed by atoms with Gasteiger partial charge in [0.05, 0.1) is 5.92 Å². The molecule has 0 aliphatic rings. The van der Waals surface area contributed by atoms with Gasteiger partial charge in [0.2, 0.25) is 0 Å². The number of unbranched alkanes of at least 4 members (excludes halogenated alkanes) is 3. The Bertz CT molecular complexity index is 496. The lowest BCUT2D eigenvalue weighted by Gasteiger charge is -2.13. The van der Waals surface area contributed by atoms with E-state index in [1.165, 1.54) is 12.8 Å². The standard InChI is InChI=1S/C19H28O4/c1-4-6-7-8-12-15(3)19(21)23-17-14-10-9-13-16(17)22-18(20)11-5-2/h9-10,13-15H,4-8,11-12H2,1-3H3. The van der Waals surface area contributed by atoms with Crippen molar-refractivity contribution in [2.24, 2.45) is 5.92 Å². The van der Waals surface area contributed by atoms with Crippen LogP contribution in [0.1, 0.15) is 65.7 Å². The van der Waals surface area contributed by atoms with Crippen LogP contribution < -0.4 is 9.47 Å². The fourth-order valence-corrected chi connectivity index (χ4v) is 2.20. The summed E-state index contributed by atoms with van der Waals surface area (Å²) in [4.78, 5) is 23.8. The zero-order valence-corrected chi connectivity index (χ0v) is 14.5. The molecule has 0 saturated carbocycles. The Hall–Kier alpha value is -1.84. The predicted octanol–water partition coefficient (Wildman–Crippen LogP) is 4.90. The Kier molecular flexibility index (Phi) is 9.03. The molecule has 1 unspecified atom stereocenters. The number of carbonyl (C=O) groups excluding carboxylic acids is 2. The van der Waals surface area contributed by atoms with Crippen LogP contribution in [0, 0.1) is 5.92 Å². The molecule has 1 rings (SSSR count). The van der Waals surface area contributed by atoms with Crippen LogP contribution >= 0.6 is 0 Å². The molecule has 0 heterocycles. The summed E-state index contributed by atoms with van der Waals surface area (Å²) in [6, 6.07) is 6.80. The van der Waals surface area contributed by atoms with Gasteiger partial charge in [-0.15, -0.1) is 0 Å². The second kappa shape index (κ2) is 10.8. The zero-order valence-electron chi connectivity index (χ0n) is 14.5. The summed E-state index contributed by atoms with van der Waals surface area (Å²) >= 11 is 0. The van der Waals surface area contributed by atoms with Crippen LogP contribution in [0.2, 0.25) is 0 Å². The molecule has 0 aliphatic heterocycles. The first-order valence-corrected chi connectivity index (χ1v) is 8.59.